The van der Waals surface area contributed by atoms with Crippen molar-refractivity contribution in [3.8, 4) is 0 Å². The Balaban J connectivity index is 1.43. The summed E-state index contributed by atoms with van der Waals surface area (Å²) in [7, 11) is 0. The van der Waals surface area contributed by atoms with Gasteiger partial charge in [0.15, 0.2) is 5.69 Å². The summed E-state index contributed by atoms with van der Waals surface area (Å²) < 4.78 is 6.02. The maximum absolute atomic E-state index is 12.4. The van der Waals surface area contributed by atoms with Crippen LogP contribution in [0.15, 0.2) is 57.7 Å². The van der Waals surface area contributed by atoms with Crippen molar-refractivity contribution in [3.05, 3.63) is 70.2 Å². The maximum atomic E-state index is 12.4. The van der Waals surface area contributed by atoms with E-state index in [9.17, 15) is 9.59 Å². The number of carbonyl (C=O) groups is 2. The molecule has 1 saturated carbocycles. The van der Waals surface area contributed by atoms with Gasteiger partial charge < -0.3 is 15.2 Å². The number of nitrogens with zero attached hydrogens (tertiary/aromatic N) is 2. The van der Waals surface area contributed by atoms with Crippen molar-refractivity contribution in [2.24, 2.45) is 0 Å². The van der Waals surface area contributed by atoms with Crippen molar-refractivity contribution in [3.63, 3.8) is 0 Å². The standard InChI is InChI=1S/C19H15BrN4O3/c20-13-6-7-17(21-10-13)23-18(25)12-2-1-3-14(8-12)22-19(26)15-9-16(27-24-15)11-4-5-11/h1-3,6-11H,4-5H2,(H,22,26)(H,21,23,25). The van der Waals surface area contributed by atoms with Crippen molar-refractivity contribution < 1.29 is 14.1 Å². The fourth-order valence-corrected chi connectivity index (χ4v) is 2.76. The summed E-state index contributed by atoms with van der Waals surface area (Å²) in [6, 6.07) is 11.8. The number of amides is 2. The molecule has 0 aliphatic heterocycles. The number of benzene rings is 1. The largest absolute Gasteiger partial charge is 0.360 e. The van der Waals surface area contributed by atoms with Gasteiger partial charge in [-0.1, -0.05) is 11.2 Å². The second-order valence-corrected chi connectivity index (χ2v) is 7.16. The second-order valence-electron chi connectivity index (χ2n) is 6.24. The van der Waals surface area contributed by atoms with E-state index in [4.69, 9.17) is 4.52 Å². The predicted molar refractivity (Wildman–Crippen MR) is 103 cm³/mol. The van der Waals surface area contributed by atoms with Gasteiger partial charge in [0.1, 0.15) is 11.6 Å². The topological polar surface area (TPSA) is 97.1 Å². The van der Waals surface area contributed by atoms with Crippen molar-refractivity contribution in [1.29, 1.82) is 0 Å². The van der Waals surface area contributed by atoms with Gasteiger partial charge >= 0.3 is 0 Å². The molecule has 8 heteroatoms. The molecule has 136 valence electrons. The minimum atomic E-state index is -0.377. The molecular weight excluding hydrogens is 412 g/mol. The van der Waals surface area contributed by atoms with Crippen molar-refractivity contribution >= 4 is 39.2 Å². The monoisotopic (exact) mass is 426 g/mol. The van der Waals surface area contributed by atoms with Crippen LogP contribution < -0.4 is 10.6 Å². The molecular formula is C19H15BrN4O3. The summed E-state index contributed by atoms with van der Waals surface area (Å²) in [5.41, 5.74) is 1.12. The lowest BCUT2D eigenvalue weighted by molar-refractivity contribution is 0.101. The zero-order valence-corrected chi connectivity index (χ0v) is 15.7. The van der Waals surface area contributed by atoms with Crippen molar-refractivity contribution in [2.75, 3.05) is 10.6 Å². The van der Waals surface area contributed by atoms with E-state index in [-0.39, 0.29) is 17.5 Å². The Morgan fingerprint density at radius 1 is 1.07 bits per heavy atom. The van der Waals surface area contributed by atoms with E-state index >= 15 is 0 Å². The van der Waals surface area contributed by atoms with Gasteiger partial charge in [0, 0.05) is 33.9 Å². The van der Waals surface area contributed by atoms with Gasteiger partial charge in [0.05, 0.1) is 0 Å². The van der Waals surface area contributed by atoms with Crippen LogP contribution in [-0.4, -0.2) is 22.0 Å². The highest BCUT2D eigenvalue weighted by molar-refractivity contribution is 9.10. The molecule has 2 N–H and O–H groups in total. The summed E-state index contributed by atoms with van der Waals surface area (Å²) >= 11 is 3.29. The Morgan fingerprint density at radius 3 is 2.67 bits per heavy atom. The van der Waals surface area contributed by atoms with Gasteiger partial charge in [0.25, 0.3) is 11.8 Å². The SMILES string of the molecule is O=C(Nc1ccc(Br)cn1)c1cccc(NC(=O)c2cc(C3CC3)on2)c1. The van der Waals surface area contributed by atoms with Gasteiger partial charge in [-0.05, 0) is 59.1 Å². The molecule has 2 heterocycles. The number of halogens is 1. The fourth-order valence-electron chi connectivity index (χ4n) is 2.53. The molecule has 7 nitrogen and oxygen atoms in total. The lowest BCUT2D eigenvalue weighted by Crippen LogP contribution is -2.15. The van der Waals surface area contributed by atoms with Crippen LogP contribution in [0, 0.1) is 0 Å². The molecule has 0 radical (unpaired) electrons. The third kappa shape index (κ3) is 4.22. The predicted octanol–water partition coefficient (Wildman–Crippen LogP) is 4.21. The first-order chi connectivity index (χ1) is 13.1. The second kappa shape index (κ2) is 7.32. The molecule has 0 spiro atoms. The third-order valence-electron chi connectivity index (χ3n) is 4.09. The molecule has 3 aromatic rings. The van der Waals surface area contributed by atoms with Gasteiger partial charge in [-0.2, -0.15) is 0 Å². The summed E-state index contributed by atoms with van der Waals surface area (Å²) in [6.07, 6.45) is 3.74. The van der Waals surface area contributed by atoms with Crippen molar-refractivity contribution in [1.82, 2.24) is 10.1 Å². The third-order valence-corrected chi connectivity index (χ3v) is 4.56. The molecule has 0 unspecified atom stereocenters. The summed E-state index contributed by atoms with van der Waals surface area (Å²) in [5.74, 6) is 0.873. The molecule has 27 heavy (non-hydrogen) atoms. The van der Waals surface area contributed by atoms with Gasteiger partial charge in [-0.3, -0.25) is 9.59 Å². The van der Waals surface area contributed by atoms with Crippen LogP contribution in [0.1, 0.15) is 45.4 Å². The normalized spacial score (nSPS) is 13.2. The first-order valence-electron chi connectivity index (χ1n) is 8.39. The van der Waals surface area contributed by atoms with E-state index in [0.717, 1.165) is 23.1 Å². The fraction of sp³-hybridized carbons (Fsp3) is 0.158. The molecule has 1 aliphatic rings. The number of carbonyl (C=O) groups excluding carboxylic acids is 2. The van der Waals surface area contributed by atoms with E-state index < -0.39 is 0 Å². The minimum Gasteiger partial charge on any atom is -0.360 e. The Labute approximate surface area is 163 Å². The summed E-state index contributed by atoms with van der Waals surface area (Å²) in [4.78, 5) is 28.8. The van der Waals surface area contributed by atoms with Crippen LogP contribution in [0.2, 0.25) is 0 Å². The lowest BCUT2D eigenvalue weighted by Gasteiger charge is -2.07. The van der Waals surface area contributed by atoms with E-state index in [1.165, 1.54) is 0 Å². The molecule has 0 saturated heterocycles. The highest BCUT2D eigenvalue weighted by Gasteiger charge is 2.28. The molecule has 4 rings (SSSR count). The van der Waals surface area contributed by atoms with Crippen LogP contribution in [0.3, 0.4) is 0 Å². The Morgan fingerprint density at radius 2 is 1.93 bits per heavy atom. The molecule has 1 fully saturated rings. The number of anilines is 2. The minimum absolute atomic E-state index is 0.228. The van der Waals surface area contributed by atoms with E-state index in [2.05, 4.69) is 36.7 Å². The van der Waals surface area contributed by atoms with Crippen LogP contribution in [0.25, 0.3) is 0 Å². The van der Waals surface area contributed by atoms with Gasteiger partial charge in [0.2, 0.25) is 0 Å². The Kier molecular flexibility index (Phi) is 4.72. The highest BCUT2D eigenvalue weighted by atomic mass is 79.9. The molecule has 0 atom stereocenters. The summed E-state index contributed by atoms with van der Waals surface area (Å²) in [5, 5.41) is 9.26. The first kappa shape index (κ1) is 17.4. The summed E-state index contributed by atoms with van der Waals surface area (Å²) in [6.45, 7) is 0. The molecule has 0 bridgehead atoms. The van der Waals surface area contributed by atoms with Crippen molar-refractivity contribution in [2.45, 2.75) is 18.8 Å². The van der Waals surface area contributed by atoms with Crippen LogP contribution in [0.5, 0.6) is 0 Å². The van der Waals surface area contributed by atoms with Crippen LogP contribution in [-0.2, 0) is 0 Å². The molecule has 1 aromatic carbocycles. The Bertz CT molecular complexity index is 996. The van der Waals surface area contributed by atoms with Crippen LogP contribution in [0.4, 0.5) is 11.5 Å². The number of hydrogen-bond donors (Lipinski definition) is 2. The quantitative estimate of drug-likeness (QED) is 0.636. The van der Waals surface area contributed by atoms with Gasteiger partial charge in [-0.15, -0.1) is 0 Å². The lowest BCUT2D eigenvalue weighted by atomic mass is 10.2. The zero-order chi connectivity index (χ0) is 18.8. The average molecular weight is 427 g/mol. The first-order valence-corrected chi connectivity index (χ1v) is 9.19. The maximum Gasteiger partial charge on any atom is 0.277 e. The number of pyridine rings is 1. The van der Waals surface area contributed by atoms with E-state index in [1.807, 2.05) is 0 Å². The number of aromatic nitrogens is 2. The number of nitrogens with one attached hydrogen (secondary N) is 2. The smallest absolute Gasteiger partial charge is 0.277 e. The Hall–Kier alpha value is -3.00. The molecule has 2 aromatic heterocycles. The van der Waals surface area contributed by atoms with Crippen LogP contribution >= 0.6 is 15.9 Å². The molecule has 2 amide bonds. The van der Waals surface area contributed by atoms with E-state index in [0.29, 0.717) is 23.0 Å². The average Bonchev–Trinajstić information content (AvgIpc) is 3.40. The van der Waals surface area contributed by atoms with E-state index in [1.54, 1.807) is 48.7 Å². The number of rotatable bonds is 5. The van der Waals surface area contributed by atoms with Gasteiger partial charge in [-0.25, -0.2) is 4.98 Å². The molecule has 1 aliphatic carbocycles. The highest BCUT2D eigenvalue weighted by Crippen LogP contribution is 2.40. The zero-order valence-electron chi connectivity index (χ0n) is 14.1. The number of hydrogen-bond acceptors (Lipinski definition) is 5.